The second-order valence-electron chi connectivity index (χ2n) is 3.65. The van der Waals surface area contributed by atoms with Gasteiger partial charge in [0.05, 0.1) is 0 Å². The van der Waals surface area contributed by atoms with Crippen molar-refractivity contribution in [3.8, 4) is 0 Å². The fourth-order valence-corrected chi connectivity index (χ4v) is 1.72. The van der Waals surface area contributed by atoms with E-state index in [1.54, 1.807) is 0 Å². The van der Waals surface area contributed by atoms with E-state index in [0.29, 0.717) is 6.04 Å². The van der Waals surface area contributed by atoms with Gasteiger partial charge in [0, 0.05) is 37.7 Å². The molecule has 0 saturated carbocycles. The molecule has 0 aromatic carbocycles. The highest BCUT2D eigenvalue weighted by Crippen LogP contribution is 2.14. The number of aromatic nitrogens is 2. The lowest BCUT2D eigenvalue weighted by Gasteiger charge is -2.16. The monoisotopic (exact) mass is 214 g/mol. The average molecular weight is 214 g/mol. The molecule has 0 aliphatic heterocycles. The van der Waals surface area contributed by atoms with Crippen molar-refractivity contribution in [2.75, 3.05) is 25.0 Å². The summed E-state index contributed by atoms with van der Waals surface area (Å²) in [5.74, 6) is 0.855. The highest BCUT2D eigenvalue weighted by atomic mass is 32.1. The van der Waals surface area contributed by atoms with E-state index in [0.717, 1.165) is 24.0 Å². The molecule has 14 heavy (non-hydrogen) atoms. The maximum absolute atomic E-state index is 4.31. The Balaban J connectivity index is 2.32. The summed E-state index contributed by atoms with van der Waals surface area (Å²) >= 11 is 1.45. The number of nitrogens with one attached hydrogen (secondary N) is 1. The minimum Gasteiger partial charge on any atom is -0.349 e. The van der Waals surface area contributed by atoms with Gasteiger partial charge in [0.2, 0.25) is 5.13 Å². The number of hydrogen-bond acceptors (Lipinski definition) is 5. The van der Waals surface area contributed by atoms with Crippen LogP contribution >= 0.6 is 11.5 Å². The lowest BCUT2D eigenvalue weighted by Crippen LogP contribution is -2.32. The molecule has 0 atom stereocenters. The fraction of sp³-hybridized carbons (Fsp3) is 0.778. The highest BCUT2D eigenvalue weighted by Gasteiger charge is 2.05. The highest BCUT2D eigenvalue weighted by molar-refractivity contribution is 7.09. The lowest BCUT2D eigenvalue weighted by molar-refractivity contribution is 0.589. The Morgan fingerprint density at radius 3 is 2.71 bits per heavy atom. The number of hydrogen-bond donors (Lipinski definition) is 1. The standard InChI is InChI=1S/C9H18N4S/c1-7(2)10-5-6-13(4)9-11-8(3)12-14-9/h7,10H,5-6H2,1-4H3. The van der Waals surface area contributed by atoms with Crippen LogP contribution in [0.15, 0.2) is 0 Å². The minimum absolute atomic E-state index is 0.541. The van der Waals surface area contributed by atoms with Crippen molar-refractivity contribution in [2.24, 2.45) is 0 Å². The largest absolute Gasteiger partial charge is 0.349 e. The third-order valence-corrected chi connectivity index (χ3v) is 2.76. The summed E-state index contributed by atoms with van der Waals surface area (Å²) in [6.07, 6.45) is 0. The van der Waals surface area contributed by atoms with Crippen LogP contribution in [-0.4, -0.2) is 35.5 Å². The SMILES string of the molecule is Cc1nsc(N(C)CCNC(C)C)n1. The van der Waals surface area contributed by atoms with Crippen molar-refractivity contribution >= 4 is 16.7 Å². The lowest BCUT2D eigenvalue weighted by atomic mass is 10.4. The Labute approximate surface area is 89.5 Å². The van der Waals surface area contributed by atoms with Crippen LogP contribution < -0.4 is 10.2 Å². The van der Waals surface area contributed by atoms with Crippen LogP contribution in [0, 0.1) is 6.92 Å². The van der Waals surface area contributed by atoms with E-state index in [9.17, 15) is 0 Å². The molecule has 1 heterocycles. The Kier molecular flexibility index (Phi) is 4.28. The molecular formula is C9H18N4S. The van der Waals surface area contributed by atoms with Crippen molar-refractivity contribution < 1.29 is 0 Å². The summed E-state index contributed by atoms with van der Waals surface area (Å²) in [5.41, 5.74) is 0. The maximum atomic E-state index is 4.31. The normalized spacial score (nSPS) is 10.9. The van der Waals surface area contributed by atoms with Gasteiger partial charge in [-0.2, -0.15) is 4.37 Å². The summed E-state index contributed by atoms with van der Waals surface area (Å²) in [5, 5.41) is 4.36. The molecular weight excluding hydrogens is 196 g/mol. The Hall–Kier alpha value is -0.680. The van der Waals surface area contributed by atoms with E-state index in [4.69, 9.17) is 0 Å². The number of anilines is 1. The Bertz CT molecular complexity index is 272. The summed E-state index contributed by atoms with van der Waals surface area (Å²) < 4.78 is 4.15. The van der Waals surface area contributed by atoms with Gasteiger partial charge < -0.3 is 10.2 Å². The van der Waals surface area contributed by atoms with Gasteiger partial charge >= 0.3 is 0 Å². The summed E-state index contributed by atoms with van der Waals surface area (Å²) in [4.78, 5) is 6.44. The average Bonchev–Trinajstić information content (AvgIpc) is 2.51. The van der Waals surface area contributed by atoms with Gasteiger partial charge in [-0.25, -0.2) is 4.98 Å². The Morgan fingerprint density at radius 1 is 1.50 bits per heavy atom. The second-order valence-corrected chi connectivity index (χ2v) is 4.38. The van der Waals surface area contributed by atoms with Crippen molar-refractivity contribution in [1.82, 2.24) is 14.7 Å². The molecule has 0 amide bonds. The molecule has 1 rings (SSSR count). The van der Waals surface area contributed by atoms with Crippen molar-refractivity contribution in [3.05, 3.63) is 5.82 Å². The molecule has 0 unspecified atom stereocenters. The molecule has 0 spiro atoms. The van der Waals surface area contributed by atoms with E-state index in [2.05, 4.69) is 33.4 Å². The molecule has 0 radical (unpaired) electrons. The first-order valence-corrected chi connectivity index (χ1v) is 5.61. The number of likely N-dealkylation sites (N-methyl/N-ethyl adjacent to an activating group) is 1. The molecule has 1 aromatic rings. The van der Waals surface area contributed by atoms with E-state index in [-0.39, 0.29) is 0 Å². The summed E-state index contributed by atoms with van der Waals surface area (Å²) in [7, 11) is 2.04. The zero-order chi connectivity index (χ0) is 10.6. The zero-order valence-corrected chi connectivity index (χ0v) is 10.1. The topological polar surface area (TPSA) is 41.1 Å². The van der Waals surface area contributed by atoms with Crippen LogP contribution in [-0.2, 0) is 0 Å². The summed E-state index contributed by atoms with van der Waals surface area (Å²) in [6.45, 7) is 8.16. The molecule has 1 N–H and O–H groups in total. The predicted octanol–water partition coefficient (Wildman–Crippen LogP) is 1.28. The van der Waals surface area contributed by atoms with Crippen molar-refractivity contribution in [2.45, 2.75) is 26.8 Å². The van der Waals surface area contributed by atoms with Gasteiger partial charge in [0.15, 0.2) is 0 Å². The van der Waals surface area contributed by atoms with Gasteiger partial charge in [0.25, 0.3) is 0 Å². The predicted molar refractivity (Wildman–Crippen MR) is 61.1 cm³/mol. The molecule has 0 aliphatic rings. The molecule has 0 fully saturated rings. The van der Waals surface area contributed by atoms with Crippen LogP contribution in [0.3, 0.4) is 0 Å². The van der Waals surface area contributed by atoms with Crippen LogP contribution in [0.2, 0.25) is 0 Å². The first-order chi connectivity index (χ1) is 6.59. The molecule has 0 aliphatic carbocycles. The van der Waals surface area contributed by atoms with Crippen LogP contribution in [0.1, 0.15) is 19.7 Å². The number of nitrogens with zero attached hydrogens (tertiary/aromatic N) is 3. The van der Waals surface area contributed by atoms with Crippen LogP contribution in [0.4, 0.5) is 5.13 Å². The Morgan fingerprint density at radius 2 is 2.21 bits per heavy atom. The van der Waals surface area contributed by atoms with Gasteiger partial charge in [-0.1, -0.05) is 13.8 Å². The summed E-state index contributed by atoms with van der Waals surface area (Å²) in [6, 6.07) is 0.541. The van der Waals surface area contributed by atoms with Gasteiger partial charge in [-0.05, 0) is 6.92 Å². The van der Waals surface area contributed by atoms with E-state index >= 15 is 0 Å². The molecule has 0 saturated heterocycles. The first-order valence-electron chi connectivity index (χ1n) is 4.84. The van der Waals surface area contributed by atoms with E-state index in [1.807, 2.05) is 14.0 Å². The maximum Gasteiger partial charge on any atom is 0.204 e. The molecule has 4 nitrogen and oxygen atoms in total. The zero-order valence-electron chi connectivity index (χ0n) is 9.24. The third-order valence-electron chi connectivity index (χ3n) is 1.84. The minimum atomic E-state index is 0.541. The quantitative estimate of drug-likeness (QED) is 0.801. The van der Waals surface area contributed by atoms with E-state index < -0.39 is 0 Å². The third kappa shape index (κ3) is 3.59. The second kappa shape index (κ2) is 5.26. The first kappa shape index (κ1) is 11.4. The van der Waals surface area contributed by atoms with Gasteiger partial charge in [-0.15, -0.1) is 0 Å². The number of rotatable bonds is 5. The van der Waals surface area contributed by atoms with Crippen molar-refractivity contribution in [1.29, 1.82) is 0 Å². The molecule has 5 heteroatoms. The van der Waals surface area contributed by atoms with Gasteiger partial charge in [0.1, 0.15) is 5.82 Å². The van der Waals surface area contributed by atoms with E-state index in [1.165, 1.54) is 11.5 Å². The molecule has 1 aromatic heterocycles. The smallest absolute Gasteiger partial charge is 0.204 e. The van der Waals surface area contributed by atoms with Crippen molar-refractivity contribution in [3.63, 3.8) is 0 Å². The van der Waals surface area contributed by atoms with Gasteiger partial charge in [-0.3, -0.25) is 0 Å². The van der Waals surface area contributed by atoms with Crippen LogP contribution in [0.25, 0.3) is 0 Å². The fourth-order valence-electron chi connectivity index (χ4n) is 1.06. The van der Waals surface area contributed by atoms with Crippen LogP contribution in [0.5, 0.6) is 0 Å². The molecule has 0 bridgehead atoms. The molecule has 80 valence electrons. The number of aryl methyl sites for hydroxylation is 1.